The molecule has 23 heavy (non-hydrogen) atoms. The van der Waals surface area contributed by atoms with Gasteiger partial charge in [-0.1, -0.05) is 24.3 Å². The minimum Gasteiger partial charge on any atom is -0.456 e. The number of furan rings is 1. The van der Waals surface area contributed by atoms with Gasteiger partial charge < -0.3 is 13.7 Å². The van der Waals surface area contributed by atoms with Crippen molar-refractivity contribution in [3.05, 3.63) is 42.0 Å². The molecule has 0 bridgehead atoms. The molecule has 0 spiro atoms. The van der Waals surface area contributed by atoms with E-state index in [0.29, 0.717) is 0 Å². The van der Waals surface area contributed by atoms with Crippen molar-refractivity contribution in [2.24, 2.45) is 0 Å². The summed E-state index contributed by atoms with van der Waals surface area (Å²) in [6, 6.07) is 12.3. The predicted molar refractivity (Wildman–Crippen MR) is 94.2 cm³/mol. The lowest BCUT2D eigenvalue weighted by molar-refractivity contribution is 0.00578. The van der Waals surface area contributed by atoms with Crippen LogP contribution in [0.2, 0.25) is 0 Å². The Morgan fingerprint density at radius 3 is 2.26 bits per heavy atom. The largest absolute Gasteiger partial charge is 0.494 e. The molecule has 0 radical (unpaired) electrons. The quantitative estimate of drug-likeness (QED) is 0.632. The maximum Gasteiger partial charge on any atom is 0.494 e. The Kier molecular flexibility index (Phi) is 2.97. The van der Waals surface area contributed by atoms with E-state index in [1.165, 1.54) is 10.9 Å². The highest BCUT2D eigenvalue weighted by Crippen LogP contribution is 2.37. The van der Waals surface area contributed by atoms with E-state index in [-0.39, 0.29) is 18.3 Å². The van der Waals surface area contributed by atoms with Crippen LogP contribution in [0.15, 0.2) is 40.8 Å². The first-order chi connectivity index (χ1) is 10.8. The minimum atomic E-state index is -0.349. The third-order valence-electron chi connectivity index (χ3n) is 5.25. The molecular formula is C19H21BO3. The Morgan fingerprint density at radius 1 is 0.870 bits per heavy atom. The zero-order valence-corrected chi connectivity index (χ0v) is 14.3. The van der Waals surface area contributed by atoms with Crippen molar-refractivity contribution >= 4 is 34.5 Å². The van der Waals surface area contributed by atoms with Gasteiger partial charge in [0.25, 0.3) is 0 Å². The van der Waals surface area contributed by atoms with E-state index in [0.717, 1.165) is 22.0 Å². The molecule has 0 N–H and O–H groups in total. The Hall–Kier alpha value is -1.78. The van der Waals surface area contributed by atoms with Gasteiger partial charge in [-0.2, -0.15) is 0 Å². The zero-order chi connectivity index (χ0) is 16.4. The third-order valence-corrected chi connectivity index (χ3v) is 5.25. The van der Waals surface area contributed by atoms with E-state index in [1.54, 1.807) is 0 Å². The maximum atomic E-state index is 6.17. The Morgan fingerprint density at radius 2 is 1.57 bits per heavy atom. The Labute approximate surface area is 136 Å². The normalized spacial score (nSPS) is 19.8. The molecule has 0 aliphatic carbocycles. The van der Waals surface area contributed by atoms with Gasteiger partial charge in [-0.15, -0.1) is 0 Å². The highest BCUT2D eigenvalue weighted by Gasteiger charge is 2.51. The number of benzene rings is 2. The number of rotatable bonds is 1. The molecule has 1 aliphatic rings. The van der Waals surface area contributed by atoms with Crippen LogP contribution < -0.4 is 5.46 Å². The summed E-state index contributed by atoms with van der Waals surface area (Å²) in [5.74, 6) is 0. The highest BCUT2D eigenvalue weighted by atomic mass is 16.7. The van der Waals surface area contributed by atoms with Crippen molar-refractivity contribution < 1.29 is 13.7 Å². The van der Waals surface area contributed by atoms with E-state index in [1.807, 2.05) is 24.3 Å². The van der Waals surface area contributed by atoms with Gasteiger partial charge in [0.2, 0.25) is 0 Å². The summed E-state index contributed by atoms with van der Waals surface area (Å²) in [5.41, 5.74) is 3.40. The lowest BCUT2D eigenvalue weighted by Crippen LogP contribution is -2.41. The molecule has 1 fully saturated rings. The molecule has 118 valence electrons. The second-order valence-corrected chi connectivity index (χ2v) is 7.39. The lowest BCUT2D eigenvalue weighted by Gasteiger charge is -2.32. The standard InChI is InChI=1S/C19H21BO3/c1-12-7-6-8-16-17(12)14-11-13(9-10-15(14)21-16)20-22-18(2,3)19(4,5)23-20/h6-11H,1-5H3. The van der Waals surface area contributed by atoms with Crippen molar-refractivity contribution in [3.63, 3.8) is 0 Å². The zero-order valence-electron chi connectivity index (χ0n) is 14.3. The summed E-state index contributed by atoms with van der Waals surface area (Å²) >= 11 is 0. The van der Waals surface area contributed by atoms with Crippen LogP contribution in [-0.4, -0.2) is 18.3 Å². The topological polar surface area (TPSA) is 31.6 Å². The number of aryl methyl sites for hydroxylation is 1. The van der Waals surface area contributed by atoms with Crippen molar-refractivity contribution in [1.29, 1.82) is 0 Å². The molecule has 1 aromatic heterocycles. The molecule has 0 unspecified atom stereocenters. The van der Waals surface area contributed by atoms with Gasteiger partial charge in [0.15, 0.2) is 0 Å². The number of hydrogen-bond acceptors (Lipinski definition) is 3. The van der Waals surface area contributed by atoms with Crippen molar-refractivity contribution in [2.45, 2.75) is 45.8 Å². The van der Waals surface area contributed by atoms with Crippen molar-refractivity contribution in [3.8, 4) is 0 Å². The molecule has 0 saturated carbocycles. The number of fused-ring (bicyclic) bond motifs is 3. The second-order valence-electron chi connectivity index (χ2n) is 7.39. The summed E-state index contributed by atoms with van der Waals surface area (Å²) in [7, 11) is -0.349. The maximum absolute atomic E-state index is 6.17. The summed E-state index contributed by atoms with van der Waals surface area (Å²) in [6.07, 6.45) is 0. The fourth-order valence-corrected chi connectivity index (χ4v) is 3.15. The number of hydrogen-bond donors (Lipinski definition) is 0. The van der Waals surface area contributed by atoms with E-state index in [2.05, 4.69) is 46.8 Å². The van der Waals surface area contributed by atoms with Gasteiger partial charge in [0, 0.05) is 10.8 Å². The molecular weight excluding hydrogens is 287 g/mol. The van der Waals surface area contributed by atoms with Gasteiger partial charge in [-0.3, -0.25) is 0 Å². The smallest absolute Gasteiger partial charge is 0.456 e. The van der Waals surface area contributed by atoms with Gasteiger partial charge in [-0.25, -0.2) is 0 Å². The van der Waals surface area contributed by atoms with Crippen LogP contribution in [0.25, 0.3) is 21.9 Å². The fraction of sp³-hybridized carbons (Fsp3) is 0.368. The van der Waals surface area contributed by atoms with Crippen LogP contribution >= 0.6 is 0 Å². The average Bonchev–Trinajstić information content (AvgIpc) is 2.93. The molecule has 0 amide bonds. The summed E-state index contributed by atoms with van der Waals surface area (Å²) in [5, 5.41) is 2.28. The molecule has 3 aromatic rings. The first-order valence-corrected chi connectivity index (χ1v) is 8.06. The van der Waals surface area contributed by atoms with E-state index in [4.69, 9.17) is 13.7 Å². The van der Waals surface area contributed by atoms with Crippen LogP contribution in [0.1, 0.15) is 33.3 Å². The Bertz CT molecular complexity index is 892. The van der Waals surface area contributed by atoms with Gasteiger partial charge in [0.1, 0.15) is 11.2 Å². The molecule has 4 heteroatoms. The van der Waals surface area contributed by atoms with Crippen LogP contribution in [0, 0.1) is 6.92 Å². The molecule has 2 heterocycles. The van der Waals surface area contributed by atoms with Crippen LogP contribution in [0.5, 0.6) is 0 Å². The molecule has 4 rings (SSSR count). The van der Waals surface area contributed by atoms with Crippen LogP contribution in [0.4, 0.5) is 0 Å². The molecule has 2 aromatic carbocycles. The highest BCUT2D eigenvalue weighted by molar-refractivity contribution is 6.62. The summed E-state index contributed by atoms with van der Waals surface area (Å²) in [4.78, 5) is 0. The van der Waals surface area contributed by atoms with E-state index >= 15 is 0 Å². The van der Waals surface area contributed by atoms with E-state index in [9.17, 15) is 0 Å². The SMILES string of the molecule is Cc1cccc2oc3ccc(B4OC(C)(C)C(C)(C)O4)cc3c12. The average molecular weight is 308 g/mol. The van der Waals surface area contributed by atoms with Gasteiger partial charge >= 0.3 is 7.12 Å². The van der Waals surface area contributed by atoms with Gasteiger partial charge in [0.05, 0.1) is 11.2 Å². The van der Waals surface area contributed by atoms with Crippen molar-refractivity contribution in [2.75, 3.05) is 0 Å². The second kappa shape index (κ2) is 4.62. The van der Waals surface area contributed by atoms with E-state index < -0.39 is 0 Å². The molecule has 0 atom stereocenters. The van der Waals surface area contributed by atoms with Crippen LogP contribution in [-0.2, 0) is 9.31 Å². The lowest BCUT2D eigenvalue weighted by atomic mass is 9.78. The summed E-state index contributed by atoms with van der Waals surface area (Å²) in [6.45, 7) is 10.4. The van der Waals surface area contributed by atoms with Crippen LogP contribution in [0.3, 0.4) is 0 Å². The minimum absolute atomic E-state index is 0.332. The molecule has 3 nitrogen and oxygen atoms in total. The monoisotopic (exact) mass is 308 g/mol. The fourth-order valence-electron chi connectivity index (χ4n) is 3.15. The predicted octanol–water partition coefficient (Wildman–Crippen LogP) is 4.19. The third kappa shape index (κ3) is 2.13. The summed E-state index contributed by atoms with van der Waals surface area (Å²) < 4.78 is 18.3. The first kappa shape index (κ1) is 14.8. The Balaban J connectivity index is 1.85. The first-order valence-electron chi connectivity index (χ1n) is 8.06. The van der Waals surface area contributed by atoms with Gasteiger partial charge in [-0.05, 0) is 57.8 Å². The van der Waals surface area contributed by atoms with Crippen molar-refractivity contribution in [1.82, 2.24) is 0 Å². The molecule has 1 saturated heterocycles. The molecule has 1 aliphatic heterocycles.